The maximum absolute atomic E-state index is 13.5. The van der Waals surface area contributed by atoms with E-state index in [0.717, 1.165) is 55.3 Å². The zero-order chi connectivity index (χ0) is 75.2. The van der Waals surface area contributed by atoms with Crippen LogP contribution < -0.4 is 49.7 Å². The van der Waals surface area contributed by atoms with Crippen LogP contribution in [-0.4, -0.2) is 70.6 Å². The monoisotopic (exact) mass is 1480 g/mol. The van der Waals surface area contributed by atoms with Crippen LogP contribution >= 0.6 is 0 Å². The van der Waals surface area contributed by atoms with E-state index in [0.29, 0.717) is 95.1 Å². The third kappa shape index (κ3) is 17.1. The van der Waals surface area contributed by atoms with Crippen LogP contribution in [0.25, 0.3) is 55.3 Å². The second-order valence-corrected chi connectivity index (χ2v) is 27.7. The third-order valence-electron chi connectivity index (χ3n) is 18.3. The molecule has 0 radical (unpaired) electrons. The van der Waals surface area contributed by atoms with Gasteiger partial charge in [0.25, 0.3) is 16.7 Å². The lowest BCUT2D eigenvalue weighted by Gasteiger charge is -2.13. The van der Waals surface area contributed by atoms with Crippen LogP contribution in [0.5, 0.6) is 0 Å². The van der Waals surface area contributed by atoms with Crippen LogP contribution in [0.2, 0.25) is 0 Å². The van der Waals surface area contributed by atoms with E-state index in [1.165, 1.54) is 41.7 Å². The van der Waals surface area contributed by atoms with Gasteiger partial charge in [0.1, 0.15) is 52.1 Å². The number of hydrogen-bond donors (Lipinski definition) is 3. The van der Waals surface area contributed by atoms with Gasteiger partial charge < -0.3 is 29.7 Å². The molecule has 0 saturated heterocycles. The summed E-state index contributed by atoms with van der Waals surface area (Å²) in [5.74, 6) is 2.22. The molecule has 0 aliphatic heterocycles. The molecule has 0 fully saturated rings. The molecule has 0 aliphatic carbocycles. The van der Waals surface area contributed by atoms with Crippen molar-refractivity contribution in [1.82, 2.24) is 70.6 Å². The first kappa shape index (κ1) is 79.4. The standard InChI is InChI=1S/C29H28FN5O2.C27H28N6O2.C26H27N7O2.3CH4/c1-19(2)16-35-25-18-34(17-20-7-9-21(10-8-20)24-6-4-5-15-31-24)27(26(25)28(36)33(3)29(35)37)32-23-13-11-22(30)12-14-23;1-19(2)16-32-23-18-31(17-20-10-12-22(13-11-20)33-15-7-14-28-33)25(29-21-8-5-4-6-9-21)24(23)26(34)30(3)27(32)35;1-18(2)13-32-22-15-31(14-19-9-11-21(12-10-19)33-17-27-16-28-33)24(29-20-7-5-4-6-8-20)23(22)25(34)30(3)26(32)35;;;/h4-15,18-19,32H,16-17H2,1-3H3;4-15,18-19,29H,16-17H2,1-3H3;4-12,15-18,29H,13-14H2,1-3H3;3*1H4. The highest BCUT2D eigenvalue weighted by Gasteiger charge is 2.25. The van der Waals surface area contributed by atoms with Crippen molar-refractivity contribution in [1.29, 1.82) is 0 Å². The number of anilines is 6. The smallest absolute Gasteiger partial charge is 0.331 e. The molecule has 0 amide bonds. The fraction of sp³-hybridized carbons (Fsp3) is 0.247. The number of halogens is 1. The topological polar surface area (TPSA) is 244 Å². The lowest BCUT2D eigenvalue weighted by molar-refractivity contribution is 0.502. The predicted molar refractivity (Wildman–Crippen MR) is 440 cm³/mol. The summed E-state index contributed by atoms with van der Waals surface area (Å²) in [6.45, 7) is 15.3. The van der Waals surface area contributed by atoms with Crippen LogP contribution in [0.15, 0.2) is 261 Å². The molecule has 0 atom stereocenters. The number of rotatable bonds is 21. The normalized spacial score (nSPS) is 11.1. The van der Waals surface area contributed by atoms with E-state index in [4.69, 9.17) is 0 Å². The third-order valence-corrected chi connectivity index (χ3v) is 18.3. The second-order valence-electron chi connectivity index (χ2n) is 27.7. The molecule has 0 unspecified atom stereocenters. The average Bonchev–Trinajstić information content (AvgIpc) is 1.60. The molecule has 3 N–H and O–H groups in total. The fourth-order valence-electron chi connectivity index (χ4n) is 13.1. The molecule has 6 aromatic carbocycles. The van der Waals surface area contributed by atoms with Crippen LogP contribution in [0, 0.1) is 23.6 Å². The van der Waals surface area contributed by atoms with E-state index >= 15 is 0 Å². The molecule has 15 rings (SSSR count). The van der Waals surface area contributed by atoms with Gasteiger partial charge in [0.15, 0.2) is 0 Å². The second kappa shape index (κ2) is 34.6. The molecule has 25 heteroatoms. The van der Waals surface area contributed by atoms with Gasteiger partial charge in [0.05, 0.1) is 33.6 Å². The van der Waals surface area contributed by atoms with Crippen LogP contribution in [-0.2, 0) is 60.4 Å². The summed E-state index contributed by atoms with van der Waals surface area (Å²) in [4.78, 5) is 87.5. The zero-order valence-corrected chi connectivity index (χ0v) is 60.9. The summed E-state index contributed by atoms with van der Waals surface area (Å²) in [6, 6.07) is 57.3. The van der Waals surface area contributed by atoms with E-state index in [9.17, 15) is 33.2 Å². The lowest BCUT2D eigenvalue weighted by Crippen LogP contribution is -2.38. The van der Waals surface area contributed by atoms with Gasteiger partial charge in [-0.2, -0.15) is 10.2 Å². The summed E-state index contributed by atoms with van der Waals surface area (Å²) in [7, 11) is 4.57. The summed E-state index contributed by atoms with van der Waals surface area (Å²) >= 11 is 0. The molecular formula is C85H95FN18O6. The van der Waals surface area contributed by atoms with Gasteiger partial charge in [0.2, 0.25) is 0 Å². The van der Waals surface area contributed by atoms with Gasteiger partial charge in [-0.3, -0.25) is 46.8 Å². The zero-order valence-electron chi connectivity index (χ0n) is 60.9. The van der Waals surface area contributed by atoms with E-state index in [-0.39, 0.29) is 79.6 Å². The average molecular weight is 1480 g/mol. The highest BCUT2D eigenvalue weighted by Crippen LogP contribution is 2.32. The molecule has 9 aromatic heterocycles. The minimum atomic E-state index is -0.381. The molecule has 9 heterocycles. The quantitative estimate of drug-likeness (QED) is 0.0607. The van der Waals surface area contributed by atoms with Gasteiger partial charge in [-0.05, 0) is 125 Å². The SMILES string of the molecule is C.C.C.CC(C)Cn1c(=O)n(C)c(=O)c2c(Nc3ccc(F)cc3)n(Cc3ccc(-c4ccccn4)cc3)cc21.CC(C)Cn1c(=O)n(C)c(=O)c2c(Nc3ccccc3)n(Cc3ccc(-n4cccn4)cc3)cc21.CC(C)Cn1c(=O)n(C)c(=O)c2c(Nc3ccccc3)n(Cc3ccc(-n4cncn4)cc3)cc21. The molecule has 0 saturated carbocycles. The number of fused-ring (bicyclic) bond motifs is 3. The van der Waals surface area contributed by atoms with Crippen molar-refractivity contribution in [3.05, 3.63) is 317 Å². The number of hydrogen-bond acceptors (Lipinski definition) is 13. The minimum absolute atomic E-state index is 0. The summed E-state index contributed by atoms with van der Waals surface area (Å²) in [5.41, 5.74) is 9.12. The molecular weight excluding hydrogens is 1390 g/mol. The van der Waals surface area contributed by atoms with Crippen LogP contribution in [0.4, 0.5) is 38.9 Å². The Morgan fingerprint density at radius 3 is 1.12 bits per heavy atom. The fourth-order valence-corrected chi connectivity index (χ4v) is 13.1. The van der Waals surface area contributed by atoms with Gasteiger partial charge in [0, 0.05) is 120 Å². The van der Waals surface area contributed by atoms with Crippen molar-refractivity contribution in [2.24, 2.45) is 38.9 Å². The number of para-hydroxylation sites is 2. The van der Waals surface area contributed by atoms with Crippen molar-refractivity contribution in [3.8, 4) is 22.6 Å². The molecule has 0 bridgehead atoms. The Labute approximate surface area is 636 Å². The first-order valence-electron chi connectivity index (χ1n) is 35.3. The largest absolute Gasteiger partial charge is 0.341 e. The first-order chi connectivity index (χ1) is 51.7. The van der Waals surface area contributed by atoms with Crippen molar-refractivity contribution in [3.63, 3.8) is 0 Å². The number of nitrogens with zero attached hydrogens (tertiary/aromatic N) is 15. The summed E-state index contributed by atoms with van der Waals surface area (Å²) in [5, 5.41) is 20.0. The van der Waals surface area contributed by atoms with Crippen molar-refractivity contribution >= 4 is 67.2 Å². The van der Waals surface area contributed by atoms with Crippen molar-refractivity contribution < 1.29 is 4.39 Å². The predicted octanol–water partition coefficient (Wildman–Crippen LogP) is 14.7. The Bertz CT molecular complexity index is 5750. The highest BCUT2D eigenvalue weighted by atomic mass is 19.1. The molecule has 24 nitrogen and oxygen atoms in total. The highest BCUT2D eigenvalue weighted by molar-refractivity contribution is 5.94. The number of aromatic nitrogens is 15. The molecule has 0 aliphatic rings. The van der Waals surface area contributed by atoms with Gasteiger partial charge >= 0.3 is 17.1 Å². The number of nitrogens with one attached hydrogen (secondary N) is 3. The molecule has 15 aromatic rings. The Morgan fingerprint density at radius 1 is 0.400 bits per heavy atom. The van der Waals surface area contributed by atoms with Crippen LogP contribution in [0.3, 0.4) is 0 Å². The maximum Gasteiger partial charge on any atom is 0.331 e. The Kier molecular flexibility index (Phi) is 25.0. The Morgan fingerprint density at radius 2 is 0.773 bits per heavy atom. The van der Waals surface area contributed by atoms with E-state index in [1.54, 1.807) is 56.3 Å². The summed E-state index contributed by atoms with van der Waals surface area (Å²) in [6.07, 6.45) is 14.2. The maximum atomic E-state index is 13.5. The number of pyridine rings is 1. The van der Waals surface area contributed by atoms with Gasteiger partial charge in [-0.25, -0.2) is 33.1 Å². The van der Waals surface area contributed by atoms with Gasteiger partial charge in [-0.1, -0.05) is 155 Å². The van der Waals surface area contributed by atoms with Crippen molar-refractivity contribution in [2.75, 3.05) is 16.0 Å². The van der Waals surface area contributed by atoms with Crippen LogP contribution in [0.1, 0.15) is 80.5 Å². The number of benzene rings is 6. The molecule has 110 heavy (non-hydrogen) atoms. The summed E-state index contributed by atoms with van der Waals surface area (Å²) < 4.78 is 31.6. The van der Waals surface area contributed by atoms with E-state index in [1.807, 2.05) is 215 Å². The lowest BCUT2D eigenvalue weighted by atomic mass is 10.1. The van der Waals surface area contributed by atoms with Crippen molar-refractivity contribution in [2.45, 2.75) is 103 Å². The molecule has 0 spiro atoms. The Hall–Kier alpha value is -13.2. The first-order valence-corrected chi connectivity index (χ1v) is 35.3. The van der Waals surface area contributed by atoms with E-state index in [2.05, 4.69) is 63.8 Å². The molecule has 568 valence electrons. The minimum Gasteiger partial charge on any atom is -0.341 e. The van der Waals surface area contributed by atoms with Gasteiger partial charge in [-0.15, -0.1) is 0 Å². The van der Waals surface area contributed by atoms with E-state index < -0.39 is 0 Å². The Balaban J connectivity index is 0.000000173.